The molecule has 0 aromatic carbocycles. The molecule has 0 bridgehead atoms. The molecule has 2 aliphatic rings. The Morgan fingerprint density at radius 3 is 2.88 bits per heavy atom. The zero-order valence-electron chi connectivity index (χ0n) is 10.1. The highest BCUT2D eigenvalue weighted by Crippen LogP contribution is 2.30. The van der Waals surface area contributed by atoms with E-state index >= 15 is 0 Å². The summed E-state index contributed by atoms with van der Waals surface area (Å²) in [4.78, 5) is 11.0. The molecule has 5 nitrogen and oxygen atoms in total. The van der Waals surface area contributed by atoms with Crippen molar-refractivity contribution in [3.05, 3.63) is 0 Å². The van der Waals surface area contributed by atoms with Gasteiger partial charge in [-0.15, -0.1) is 0 Å². The van der Waals surface area contributed by atoms with Crippen LogP contribution in [-0.2, 0) is 14.3 Å². The van der Waals surface area contributed by atoms with E-state index in [2.05, 4.69) is 0 Å². The van der Waals surface area contributed by atoms with Gasteiger partial charge in [-0.05, 0) is 32.1 Å². The van der Waals surface area contributed by atoms with E-state index in [1.807, 2.05) is 0 Å². The third kappa shape index (κ3) is 3.18. The second kappa shape index (κ2) is 5.33. The van der Waals surface area contributed by atoms with Crippen molar-refractivity contribution in [1.82, 2.24) is 0 Å². The molecule has 0 aromatic heterocycles. The number of aliphatic carboxylic acids is 1. The smallest absolute Gasteiger partial charge is 0.323 e. The summed E-state index contributed by atoms with van der Waals surface area (Å²) < 4.78 is 11.3. The van der Waals surface area contributed by atoms with Crippen LogP contribution in [0.25, 0.3) is 0 Å². The number of carbonyl (C=O) groups is 1. The van der Waals surface area contributed by atoms with Crippen LogP contribution in [0.2, 0.25) is 0 Å². The molecule has 1 aliphatic carbocycles. The second-order valence-electron chi connectivity index (χ2n) is 5.15. The molecule has 0 radical (unpaired) electrons. The first-order valence-corrected chi connectivity index (χ1v) is 6.36. The predicted molar refractivity (Wildman–Crippen MR) is 61.7 cm³/mol. The maximum absolute atomic E-state index is 11.0. The van der Waals surface area contributed by atoms with Gasteiger partial charge in [0.2, 0.25) is 0 Å². The number of hydrogen-bond acceptors (Lipinski definition) is 4. The molecule has 1 heterocycles. The summed E-state index contributed by atoms with van der Waals surface area (Å²) in [6.07, 6.45) is 5.16. The van der Waals surface area contributed by atoms with Crippen molar-refractivity contribution in [2.24, 2.45) is 5.73 Å². The van der Waals surface area contributed by atoms with E-state index < -0.39 is 11.5 Å². The Balaban J connectivity index is 1.72. The topological polar surface area (TPSA) is 81.8 Å². The Hall–Kier alpha value is -0.650. The highest BCUT2D eigenvalue weighted by atomic mass is 16.5. The largest absolute Gasteiger partial charge is 0.480 e. The molecule has 98 valence electrons. The third-order valence-electron chi connectivity index (χ3n) is 3.72. The fraction of sp³-hybridized carbons (Fsp3) is 0.917. The third-order valence-corrected chi connectivity index (χ3v) is 3.72. The van der Waals surface area contributed by atoms with Gasteiger partial charge in [0.1, 0.15) is 5.54 Å². The number of rotatable bonds is 4. The average Bonchev–Trinajstić information content (AvgIpc) is 2.72. The highest BCUT2D eigenvalue weighted by molar-refractivity contribution is 5.78. The fourth-order valence-electron chi connectivity index (χ4n) is 2.55. The number of ether oxygens (including phenoxy) is 2. The number of hydrogen-bond donors (Lipinski definition) is 2. The Labute approximate surface area is 101 Å². The first-order valence-electron chi connectivity index (χ1n) is 6.36. The lowest BCUT2D eigenvalue weighted by molar-refractivity contribution is -0.143. The van der Waals surface area contributed by atoms with Crippen LogP contribution in [0.3, 0.4) is 0 Å². The summed E-state index contributed by atoms with van der Waals surface area (Å²) in [5, 5.41) is 9.00. The van der Waals surface area contributed by atoms with Crippen LogP contribution in [0.5, 0.6) is 0 Å². The molecule has 3 atom stereocenters. The van der Waals surface area contributed by atoms with Crippen molar-refractivity contribution < 1.29 is 19.4 Å². The van der Waals surface area contributed by atoms with E-state index in [0.717, 1.165) is 25.9 Å². The molecular weight excluding hydrogens is 222 g/mol. The Morgan fingerprint density at radius 1 is 1.47 bits per heavy atom. The van der Waals surface area contributed by atoms with Gasteiger partial charge in [-0.1, -0.05) is 0 Å². The van der Waals surface area contributed by atoms with E-state index in [1.165, 1.54) is 6.42 Å². The van der Waals surface area contributed by atoms with Crippen LogP contribution in [0.15, 0.2) is 0 Å². The van der Waals surface area contributed by atoms with E-state index in [1.54, 1.807) is 0 Å². The van der Waals surface area contributed by atoms with Crippen LogP contribution < -0.4 is 5.73 Å². The molecule has 3 unspecified atom stereocenters. The number of carboxylic acid groups (broad SMARTS) is 1. The Bertz CT molecular complexity index is 278. The molecular formula is C12H21NO4. The van der Waals surface area contributed by atoms with Crippen LogP contribution in [0.1, 0.15) is 38.5 Å². The van der Waals surface area contributed by atoms with Gasteiger partial charge in [-0.2, -0.15) is 0 Å². The standard InChI is InChI=1S/C12H21NO4/c13-12(11(14)15)5-4-9(7-12)17-8-10-3-1-2-6-16-10/h9-10H,1-8,13H2,(H,14,15). The summed E-state index contributed by atoms with van der Waals surface area (Å²) in [5.41, 5.74) is 4.70. The van der Waals surface area contributed by atoms with E-state index in [4.69, 9.17) is 20.3 Å². The van der Waals surface area contributed by atoms with Crippen LogP contribution in [-0.4, -0.2) is 42.0 Å². The van der Waals surface area contributed by atoms with Crippen molar-refractivity contribution in [2.75, 3.05) is 13.2 Å². The summed E-state index contributed by atoms with van der Waals surface area (Å²) in [5.74, 6) is -0.919. The summed E-state index contributed by atoms with van der Waals surface area (Å²) in [6, 6.07) is 0. The summed E-state index contributed by atoms with van der Waals surface area (Å²) in [7, 11) is 0. The number of carboxylic acids is 1. The Morgan fingerprint density at radius 2 is 2.29 bits per heavy atom. The second-order valence-corrected chi connectivity index (χ2v) is 5.15. The predicted octanol–water partition coefficient (Wildman–Crippen LogP) is 0.907. The maximum Gasteiger partial charge on any atom is 0.323 e. The molecule has 17 heavy (non-hydrogen) atoms. The van der Waals surface area contributed by atoms with Crippen LogP contribution >= 0.6 is 0 Å². The van der Waals surface area contributed by atoms with Gasteiger partial charge in [-0.25, -0.2) is 0 Å². The minimum absolute atomic E-state index is 0.0263. The average molecular weight is 243 g/mol. The van der Waals surface area contributed by atoms with Crippen molar-refractivity contribution in [1.29, 1.82) is 0 Å². The maximum atomic E-state index is 11.0. The molecule has 1 saturated carbocycles. The lowest BCUT2D eigenvalue weighted by Gasteiger charge is -2.24. The molecule has 1 saturated heterocycles. The molecule has 0 spiro atoms. The van der Waals surface area contributed by atoms with Gasteiger partial charge in [0.15, 0.2) is 0 Å². The quantitative estimate of drug-likeness (QED) is 0.767. The molecule has 0 amide bonds. The van der Waals surface area contributed by atoms with Crippen molar-refractivity contribution in [3.8, 4) is 0 Å². The normalized spacial score (nSPS) is 38.2. The van der Waals surface area contributed by atoms with E-state index in [0.29, 0.717) is 19.4 Å². The van der Waals surface area contributed by atoms with Crippen molar-refractivity contribution >= 4 is 5.97 Å². The lowest BCUT2D eigenvalue weighted by Crippen LogP contribution is -2.46. The van der Waals surface area contributed by atoms with Gasteiger partial charge in [0, 0.05) is 13.0 Å². The van der Waals surface area contributed by atoms with Gasteiger partial charge in [0.05, 0.1) is 18.8 Å². The zero-order chi connectivity index (χ0) is 12.3. The first kappa shape index (κ1) is 12.8. The summed E-state index contributed by atoms with van der Waals surface area (Å²) >= 11 is 0. The van der Waals surface area contributed by atoms with E-state index in [9.17, 15) is 4.79 Å². The minimum atomic E-state index is -1.09. The lowest BCUT2D eigenvalue weighted by atomic mass is 10.00. The SMILES string of the molecule is NC1(C(=O)O)CCC(OCC2CCCCO2)C1. The molecule has 2 fully saturated rings. The van der Waals surface area contributed by atoms with Crippen molar-refractivity contribution in [3.63, 3.8) is 0 Å². The molecule has 2 rings (SSSR count). The monoisotopic (exact) mass is 243 g/mol. The van der Waals surface area contributed by atoms with Gasteiger partial charge in [0.25, 0.3) is 0 Å². The first-order chi connectivity index (χ1) is 8.10. The molecule has 5 heteroatoms. The zero-order valence-corrected chi connectivity index (χ0v) is 10.1. The number of nitrogens with two attached hydrogens (primary N) is 1. The molecule has 3 N–H and O–H groups in total. The Kier molecular flexibility index (Phi) is 4.01. The highest BCUT2D eigenvalue weighted by Gasteiger charge is 2.42. The molecule has 0 aromatic rings. The van der Waals surface area contributed by atoms with Crippen LogP contribution in [0.4, 0.5) is 0 Å². The van der Waals surface area contributed by atoms with Gasteiger partial charge < -0.3 is 20.3 Å². The van der Waals surface area contributed by atoms with Gasteiger partial charge in [-0.3, -0.25) is 4.79 Å². The van der Waals surface area contributed by atoms with E-state index in [-0.39, 0.29) is 12.2 Å². The van der Waals surface area contributed by atoms with Crippen LogP contribution in [0, 0.1) is 0 Å². The fourth-order valence-corrected chi connectivity index (χ4v) is 2.55. The summed E-state index contributed by atoms with van der Waals surface area (Å²) in [6.45, 7) is 1.38. The molecule has 1 aliphatic heterocycles. The van der Waals surface area contributed by atoms with Crippen molar-refractivity contribution in [2.45, 2.75) is 56.3 Å². The van der Waals surface area contributed by atoms with Gasteiger partial charge >= 0.3 is 5.97 Å². The minimum Gasteiger partial charge on any atom is -0.480 e.